The van der Waals surface area contributed by atoms with Crippen LogP contribution in [0.4, 0.5) is 0 Å². The van der Waals surface area contributed by atoms with E-state index in [0.29, 0.717) is 0 Å². The minimum Gasteiger partial charge on any atom is -1.00 e. The van der Waals surface area contributed by atoms with Crippen LogP contribution in [0, 0.1) is 0 Å². The van der Waals surface area contributed by atoms with Gasteiger partial charge in [-0.3, -0.25) is 0 Å². The van der Waals surface area contributed by atoms with E-state index in [0.717, 1.165) is 6.42 Å². The Hall–Kier alpha value is 0.610. The zero-order valence-electron chi connectivity index (χ0n) is 5.02. The Morgan fingerprint density at radius 3 is 1.71 bits per heavy atom. The normalized spacial score (nSPS) is 12.6. The standard InChI is InChI=1S/C5H6.Al.Li.4H/c1-2-4-5-3-1;;;;;;/h1-4H,5H2;;;;;;/q;;+1;;;;-1. The average Bonchev–Trinajstić information content (AvgIpc) is 1.76. The van der Waals surface area contributed by atoms with Crippen LogP contribution in [-0.4, -0.2) is 17.4 Å². The molecular formula is C5H10AlLi. The van der Waals surface area contributed by atoms with Gasteiger partial charge in [-0.1, -0.05) is 24.3 Å². The van der Waals surface area contributed by atoms with Gasteiger partial charge in [-0.15, -0.1) is 0 Å². The second-order valence-corrected chi connectivity index (χ2v) is 1.09. The molecular weight excluding hydrogens is 94.0 g/mol. The van der Waals surface area contributed by atoms with E-state index in [1.54, 1.807) is 0 Å². The van der Waals surface area contributed by atoms with Gasteiger partial charge in [-0.05, 0) is 6.42 Å². The van der Waals surface area contributed by atoms with Crippen molar-refractivity contribution in [1.82, 2.24) is 0 Å². The summed E-state index contributed by atoms with van der Waals surface area (Å²) in [5.74, 6) is 0. The van der Waals surface area contributed by atoms with E-state index in [1.165, 1.54) is 0 Å². The molecule has 0 fully saturated rings. The molecule has 1 rings (SSSR count). The van der Waals surface area contributed by atoms with Crippen molar-refractivity contribution in [3.05, 3.63) is 24.3 Å². The fraction of sp³-hybridized carbons (Fsp3) is 0.200. The van der Waals surface area contributed by atoms with E-state index in [9.17, 15) is 0 Å². The van der Waals surface area contributed by atoms with Crippen LogP contribution < -0.4 is 18.9 Å². The van der Waals surface area contributed by atoms with Crippen molar-refractivity contribution >= 4 is 17.4 Å². The van der Waals surface area contributed by atoms with Gasteiger partial charge in [0.2, 0.25) is 0 Å². The molecule has 0 heterocycles. The first kappa shape index (κ1) is 10.6. The van der Waals surface area contributed by atoms with E-state index in [1.807, 2.05) is 0 Å². The first-order valence-corrected chi connectivity index (χ1v) is 1.82. The van der Waals surface area contributed by atoms with Crippen molar-refractivity contribution in [2.24, 2.45) is 0 Å². The molecule has 0 aromatic heterocycles. The van der Waals surface area contributed by atoms with Gasteiger partial charge < -0.3 is 1.43 Å². The molecule has 0 spiro atoms. The number of rotatable bonds is 0. The zero-order chi connectivity index (χ0) is 3.54. The van der Waals surface area contributed by atoms with E-state index in [-0.39, 0.29) is 37.6 Å². The fourth-order valence-electron chi connectivity index (χ4n) is 0.393. The summed E-state index contributed by atoms with van der Waals surface area (Å²) in [7, 11) is 0. The molecule has 0 saturated heterocycles. The smallest absolute Gasteiger partial charge is 1.00 e. The third-order valence-corrected chi connectivity index (χ3v) is 0.655. The fourth-order valence-corrected chi connectivity index (χ4v) is 0.393. The maximum absolute atomic E-state index is 2.12. The quantitative estimate of drug-likeness (QED) is 0.296. The van der Waals surface area contributed by atoms with Crippen LogP contribution >= 0.6 is 0 Å². The van der Waals surface area contributed by atoms with Gasteiger partial charge in [0, 0.05) is 0 Å². The van der Waals surface area contributed by atoms with Gasteiger partial charge in [-0.2, -0.15) is 0 Å². The van der Waals surface area contributed by atoms with E-state index >= 15 is 0 Å². The third-order valence-electron chi connectivity index (χ3n) is 0.655. The Morgan fingerprint density at radius 2 is 1.57 bits per heavy atom. The maximum atomic E-state index is 2.12. The first-order valence-electron chi connectivity index (χ1n) is 1.82. The summed E-state index contributed by atoms with van der Waals surface area (Å²) in [4.78, 5) is 0. The monoisotopic (exact) mass is 104 g/mol. The van der Waals surface area contributed by atoms with Crippen LogP contribution in [0.25, 0.3) is 0 Å². The predicted octanol–water partition coefficient (Wildman–Crippen LogP) is -2.56. The largest absolute Gasteiger partial charge is 1.00 e. The molecule has 0 amide bonds. The molecule has 34 valence electrons. The van der Waals surface area contributed by atoms with Crippen LogP contribution in [-0.2, 0) is 0 Å². The van der Waals surface area contributed by atoms with E-state index in [2.05, 4.69) is 24.3 Å². The number of hydrogen-bond donors (Lipinski definition) is 0. The average molecular weight is 104 g/mol. The Bertz CT molecular complexity index is 70.5. The van der Waals surface area contributed by atoms with Crippen LogP contribution in [0.15, 0.2) is 24.3 Å². The molecule has 0 unspecified atom stereocenters. The molecule has 0 nitrogen and oxygen atoms in total. The first-order chi connectivity index (χ1) is 2.50. The Labute approximate surface area is 68.5 Å². The van der Waals surface area contributed by atoms with Crippen molar-refractivity contribution in [1.29, 1.82) is 0 Å². The van der Waals surface area contributed by atoms with Gasteiger partial charge >= 0.3 is 18.9 Å². The minimum absolute atomic E-state index is 0. The molecule has 1 aliphatic rings. The molecule has 0 aliphatic heterocycles. The van der Waals surface area contributed by atoms with Crippen molar-refractivity contribution in [2.75, 3.05) is 0 Å². The van der Waals surface area contributed by atoms with Crippen LogP contribution in [0.5, 0.6) is 0 Å². The third kappa shape index (κ3) is 4.46. The van der Waals surface area contributed by atoms with Gasteiger partial charge in [0.05, 0.1) is 0 Å². The van der Waals surface area contributed by atoms with Gasteiger partial charge in [0.15, 0.2) is 17.4 Å². The molecule has 1 aliphatic carbocycles. The molecule has 2 heteroatoms. The van der Waals surface area contributed by atoms with E-state index < -0.39 is 0 Å². The summed E-state index contributed by atoms with van der Waals surface area (Å²) >= 11 is 0. The summed E-state index contributed by atoms with van der Waals surface area (Å²) in [6, 6.07) is 0. The molecule has 7 heavy (non-hydrogen) atoms. The Kier molecular flexibility index (Phi) is 9.98. The summed E-state index contributed by atoms with van der Waals surface area (Å²) in [6.45, 7) is 0. The number of hydrogen-bond acceptors (Lipinski definition) is 0. The van der Waals surface area contributed by atoms with Crippen molar-refractivity contribution < 1.29 is 20.3 Å². The molecule has 0 bridgehead atoms. The van der Waals surface area contributed by atoms with Gasteiger partial charge in [0.25, 0.3) is 0 Å². The summed E-state index contributed by atoms with van der Waals surface area (Å²) < 4.78 is 0. The summed E-state index contributed by atoms with van der Waals surface area (Å²) in [6.07, 6.45) is 9.50. The minimum atomic E-state index is 0. The SMILES string of the molecule is C1=CCC=C1.[AlH3].[H-].[Li+]. The maximum Gasteiger partial charge on any atom is 1.00 e. The topological polar surface area (TPSA) is 0 Å². The zero-order valence-corrected chi connectivity index (χ0v) is 4.02. The van der Waals surface area contributed by atoms with Crippen LogP contribution in [0.1, 0.15) is 7.85 Å². The Morgan fingerprint density at radius 1 is 1.14 bits per heavy atom. The van der Waals surface area contributed by atoms with Gasteiger partial charge in [-0.25, -0.2) is 0 Å². The molecule has 0 radical (unpaired) electrons. The second kappa shape index (κ2) is 6.61. The Balaban J connectivity index is -0.0000000833. The summed E-state index contributed by atoms with van der Waals surface area (Å²) in [5.41, 5.74) is 0. The molecule has 0 saturated carbocycles. The van der Waals surface area contributed by atoms with E-state index in [4.69, 9.17) is 0 Å². The molecule has 0 N–H and O–H groups in total. The van der Waals surface area contributed by atoms with Crippen molar-refractivity contribution in [3.8, 4) is 0 Å². The van der Waals surface area contributed by atoms with Crippen molar-refractivity contribution in [2.45, 2.75) is 6.42 Å². The number of allylic oxidation sites excluding steroid dienone is 4. The predicted molar refractivity (Wildman–Crippen MR) is 33.9 cm³/mol. The molecule has 0 aromatic carbocycles. The van der Waals surface area contributed by atoms with Gasteiger partial charge in [0.1, 0.15) is 0 Å². The molecule has 0 aromatic rings. The summed E-state index contributed by atoms with van der Waals surface area (Å²) in [5, 5.41) is 0. The van der Waals surface area contributed by atoms with Crippen molar-refractivity contribution in [3.63, 3.8) is 0 Å². The second-order valence-electron chi connectivity index (χ2n) is 1.09. The van der Waals surface area contributed by atoms with Crippen LogP contribution in [0.2, 0.25) is 0 Å². The van der Waals surface area contributed by atoms with Crippen LogP contribution in [0.3, 0.4) is 0 Å². The molecule has 0 atom stereocenters.